The number of nitrogens with one attached hydrogen (secondary N) is 1. The first-order valence-electron chi connectivity index (χ1n) is 4.57. The van der Waals surface area contributed by atoms with Crippen molar-refractivity contribution in [3.05, 3.63) is 32.8 Å². The first-order chi connectivity index (χ1) is 7.75. The van der Waals surface area contributed by atoms with E-state index in [-0.39, 0.29) is 10.4 Å². The summed E-state index contributed by atoms with van der Waals surface area (Å²) in [6.07, 6.45) is 0.912. The lowest BCUT2D eigenvalue weighted by Gasteiger charge is -2.04. The van der Waals surface area contributed by atoms with Gasteiger partial charge < -0.3 is 5.32 Å². The molecule has 0 saturated carbocycles. The highest BCUT2D eigenvalue weighted by Crippen LogP contribution is 2.16. The number of anilines is 1. The van der Waals surface area contributed by atoms with Crippen LogP contribution in [0.3, 0.4) is 0 Å². The summed E-state index contributed by atoms with van der Waals surface area (Å²) in [5, 5.41) is 12.6. The third-order valence-corrected chi connectivity index (χ3v) is 3.21. The van der Waals surface area contributed by atoms with Crippen molar-refractivity contribution < 1.29 is 0 Å². The first-order valence-corrected chi connectivity index (χ1v) is 6.21. The lowest BCUT2D eigenvalue weighted by molar-refractivity contribution is 0.949. The summed E-state index contributed by atoms with van der Waals surface area (Å²) in [6, 6.07) is 4.11. The van der Waals surface area contributed by atoms with Crippen LogP contribution in [0.25, 0.3) is 0 Å². The van der Waals surface area contributed by atoms with Gasteiger partial charge in [0.05, 0.1) is 0 Å². The van der Waals surface area contributed by atoms with Gasteiger partial charge in [0.1, 0.15) is 0 Å². The Balaban J connectivity index is 1.92. The van der Waals surface area contributed by atoms with Crippen molar-refractivity contribution in [3.63, 3.8) is 0 Å². The van der Waals surface area contributed by atoms with Crippen LogP contribution in [-0.2, 0) is 6.42 Å². The zero-order valence-electron chi connectivity index (χ0n) is 8.15. The molecule has 0 aliphatic rings. The van der Waals surface area contributed by atoms with E-state index in [1.807, 2.05) is 11.4 Å². The third-order valence-electron chi connectivity index (χ3n) is 1.86. The number of hydrogen-bond acceptors (Lipinski definition) is 5. The molecule has 0 aliphatic carbocycles. The Hall–Kier alpha value is -0.910. The average molecular weight is 275 g/mol. The van der Waals surface area contributed by atoms with Gasteiger partial charge in [-0.15, -0.1) is 21.5 Å². The van der Waals surface area contributed by atoms with Crippen LogP contribution in [-0.4, -0.2) is 21.7 Å². The summed E-state index contributed by atoms with van der Waals surface area (Å²) in [5.74, 6) is 0.471. The van der Waals surface area contributed by atoms with Gasteiger partial charge in [-0.05, 0) is 29.5 Å². The molecule has 0 atom stereocenters. The van der Waals surface area contributed by atoms with E-state index in [4.69, 9.17) is 23.2 Å². The average Bonchev–Trinajstić information content (AvgIpc) is 2.76. The molecule has 0 radical (unpaired) electrons. The largest absolute Gasteiger partial charge is 0.367 e. The van der Waals surface area contributed by atoms with E-state index >= 15 is 0 Å². The second-order valence-electron chi connectivity index (χ2n) is 2.98. The Kier molecular flexibility index (Phi) is 3.93. The summed E-state index contributed by atoms with van der Waals surface area (Å²) in [5.41, 5.74) is 0. The molecule has 2 rings (SSSR count). The standard InChI is InChI=1S/C9H8Cl2N4S/c10-7-8(13-9(11)15-14-7)12-4-3-6-2-1-5-16-6/h1-2,5H,3-4H2,(H,12,13,15). The molecule has 0 amide bonds. The maximum absolute atomic E-state index is 5.80. The Bertz CT molecular complexity index is 461. The summed E-state index contributed by atoms with van der Waals surface area (Å²) in [4.78, 5) is 5.25. The summed E-state index contributed by atoms with van der Waals surface area (Å²) in [7, 11) is 0. The lowest BCUT2D eigenvalue weighted by Crippen LogP contribution is -2.07. The molecule has 2 heterocycles. The van der Waals surface area contributed by atoms with E-state index in [0.29, 0.717) is 5.82 Å². The van der Waals surface area contributed by atoms with Gasteiger partial charge in [-0.25, -0.2) is 0 Å². The molecule has 0 spiro atoms. The highest BCUT2D eigenvalue weighted by atomic mass is 35.5. The quantitative estimate of drug-likeness (QED) is 0.932. The van der Waals surface area contributed by atoms with E-state index in [0.717, 1.165) is 13.0 Å². The lowest BCUT2D eigenvalue weighted by atomic mass is 10.3. The predicted octanol–water partition coefficient (Wildman–Crippen LogP) is 2.89. The van der Waals surface area contributed by atoms with Crippen LogP contribution >= 0.6 is 34.5 Å². The Morgan fingerprint density at radius 3 is 2.94 bits per heavy atom. The number of aromatic nitrogens is 3. The fourth-order valence-corrected chi connectivity index (χ4v) is 2.14. The van der Waals surface area contributed by atoms with Crippen molar-refractivity contribution in [1.29, 1.82) is 0 Å². The Labute approximate surface area is 107 Å². The van der Waals surface area contributed by atoms with Gasteiger partial charge in [0, 0.05) is 11.4 Å². The smallest absolute Gasteiger partial charge is 0.245 e. The number of hydrogen-bond donors (Lipinski definition) is 1. The minimum atomic E-state index is 0.0861. The van der Waals surface area contributed by atoms with Crippen molar-refractivity contribution in [2.75, 3.05) is 11.9 Å². The minimum Gasteiger partial charge on any atom is -0.367 e. The molecule has 0 aromatic carbocycles. The SMILES string of the molecule is Clc1nnc(Cl)c(NCCc2cccs2)n1. The van der Waals surface area contributed by atoms with Crippen molar-refractivity contribution in [1.82, 2.24) is 15.2 Å². The zero-order chi connectivity index (χ0) is 11.4. The van der Waals surface area contributed by atoms with Crippen molar-refractivity contribution >= 4 is 40.4 Å². The zero-order valence-corrected chi connectivity index (χ0v) is 10.5. The second-order valence-corrected chi connectivity index (χ2v) is 4.70. The van der Waals surface area contributed by atoms with E-state index in [1.54, 1.807) is 11.3 Å². The van der Waals surface area contributed by atoms with Crippen molar-refractivity contribution in [2.45, 2.75) is 6.42 Å². The van der Waals surface area contributed by atoms with Crippen LogP contribution in [0.15, 0.2) is 17.5 Å². The molecule has 0 bridgehead atoms. The number of thiophene rings is 1. The van der Waals surface area contributed by atoms with Gasteiger partial charge in [-0.2, -0.15) is 4.98 Å². The Morgan fingerprint density at radius 2 is 2.19 bits per heavy atom. The summed E-state index contributed by atoms with van der Waals surface area (Å²) in [6.45, 7) is 0.731. The number of nitrogens with zero attached hydrogens (tertiary/aromatic N) is 3. The number of rotatable bonds is 4. The van der Waals surface area contributed by atoms with Crippen molar-refractivity contribution in [2.24, 2.45) is 0 Å². The topological polar surface area (TPSA) is 50.7 Å². The van der Waals surface area contributed by atoms with Gasteiger partial charge in [-0.1, -0.05) is 17.7 Å². The first kappa shape index (κ1) is 11.6. The fraction of sp³-hybridized carbons (Fsp3) is 0.222. The van der Waals surface area contributed by atoms with Gasteiger partial charge in [0.2, 0.25) is 5.28 Å². The normalized spacial score (nSPS) is 10.4. The predicted molar refractivity (Wildman–Crippen MR) is 66.4 cm³/mol. The molecule has 2 aromatic rings. The Morgan fingerprint density at radius 1 is 1.31 bits per heavy atom. The molecule has 0 saturated heterocycles. The van der Waals surface area contributed by atoms with E-state index < -0.39 is 0 Å². The van der Waals surface area contributed by atoms with Crippen LogP contribution in [0, 0.1) is 0 Å². The molecular weight excluding hydrogens is 267 g/mol. The molecule has 84 valence electrons. The van der Waals surface area contributed by atoms with Gasteiger partial charge >= 0.3 is 0 Å². The van der Waals surface area contributed by atoms with Crippen molar-refractivity contribution in [3.8, 4) is 0 Å². The maximum Gasteiger partial charge on any atom is 0.245 e. The minimum absolute atomic E-state index is 0.0861. The maximum atomic E-state index is 5.80. The van der Waals surface area contributed by atoms with E-state index in [1.165, 1.54) is 4.88 Å². The number of halogens is 2. The molecule has 0 aliphatic heterocycles. The molecule has 16 heavy (non-hydrogen) atoms. The summed E-state index contributed by atoms with van der Waals surface area (Å²) >= 11 is 13.1. The molecule has 2 aromatic heterocycles. The van der Waals surface area contributed by atoms with Gasteiger partial charge in [0.25, 0.3) is 0 Å². The molecule has 1 N–H and O–H groups in total. The van der Waals surface area contributed by atoms with Gasteiger partial charge in [0.15, 0.2) is 11.0 Å². The van der Waals surface area contributed by atoms with Crippen LogP contribution < -0.4 is 5.32 Å². The molecule has 4 nitrogen and oxygen atoms in total. The van der Waals surface area contributed by atoms with Gasteiger partial charge in [-0.3, -0.25) is 0 Å². The molecule has 7 heteroatoms. The fourth-order valence-electron chi connectivity index (χ4n) is 1.16. The second kappa shape index (κ2) is 5.43. The van der Waals surface area contributed by atoms with Crippen LogP contribution in [0.5, 0.6) is 0 Å². The van der Waals surface area contributed by atoms with Crippen LogP contribution in [0.2, 0.25) is 10.4 Å². The van der Waals surface area contributed by atoms with E-state index in [9.17, 15) is 0 Å². The molecular formula is C9H8Cl2N4S. The molecule has 0 unspecified atom stereocenters. The monoisotopic (exact) mass is 274 g/mol. The molecule has 0 fully saturated rings. The highest BCUT2D eigenvalue weighted by Gasteiger charge is 2.05. The third kappa shape index (κ3) is 3.04. The summed E-state index contributed by atoms with van der Waals surface area (Å²) < 4.78 is 0. The van der Waals surface area contributed by atoms with Crippen LogP contribution in [0.1, 0.15) is 4.88 Å². The van der Waals surface area contributed by atoms with Crippen LogP contribution in [0.4, 0.5) is 5.82 Å². The highest BCUT2D eigenvalue weighted by molar-refractivity contribution is 7.09. The van der Waals surface area contributed by atoms with E-state index in [2.05, 4.69) is 26.6 Å².